The molecule has 0 amide bonds. The topological polar surface area (TPSA) is 22.1 Å². The first-order valence-electron chi connectivity index (χ1n) is 5.74. The fourth-order valence-electron chi connectivity index (χ4n) is 1.77. The maximum absolute atomic E-state index is 5.78. The minimum Gasteiger partial charge on any atom is -0.491 e. The van der Waals surface area contributed by atoms with Crippen molar-refractivity contribution in [2.75, 3.05) is 6.61 Å². The van der Waals surface area contributed by atoms with Crippen molar-refractivity contribution in [3.63, 3.8) is 0 Å². The molecule has 0 bridgehead atoms. The van der Waals surface area contributed by atoms with Crippen LogP contribution >= 0.6 is 11.6 Å². The third kappa shape index (κ3) is 4.40. The lowest BCUT2D eigenvalue weighted by Gasteiger charge is -2.15. The normalized spacial score (nSPS) is 12.9. The molecule has 0 aliphatic heterocycles. The monoisotopic (exact) mass is 241 g/mol. The lowest BCUT2D eigenvalue weighted by Crippen LogP contribution is -2.11. The van der Waals surface area contributed by atoms with E-state index in [0.29, 0.717) is 17.0 Å². The van der Waals surface area contributed by atoms with Gasteiger partial charge in [-0.3, -0.25) is 0 Å². The highest BCUT2D eigenvalue weighted by Crippen LogP contribution is 2.20. The fourth-order valence-corrected chi connectivity index (χ4v) is 1.98. The average molecular weight is 242 g/mol. The molecule has 1 unspecified atom stereocenters. The molecule has 1 heterocycles. The predicted octanol–water partition coefficient (Wildman–Crippen LogP) is 4.10. The second-order valence-corrected chi connectivity index (χ2v) is 5.21. The Labute approximate surface area is 103 Å². The summed E-state index contributed by atoms with van der Waals surface area (Å²) in [5.41, 5.74) is 1.04. The van der Waals surface area contributed by atoms with Gasteiger partial charge in [-0.25, -0.2) is 4.98 Å². The van der Waals surface area contributed by atoms with E-state index in [1.54, 1.807) is 6.20 Å². The third-order valence-electron chi connectivity index (χ3n) is 2.43. The van der Waals surface area contributed by atoms with Gasteiger partial charge in [-0.2, -0.15) is 0 Å². The van der Waals surface area contributed by atoms with Gasteiger partial charge in [-0.1, -0.05) is 32.4 Å². The first-order chi connectivity index (χ1) is 7.49. The lowest BCUT2D eigenvalue weighted by atomic mass is 10.00. The molecule has 0 radical (unpaired) electrons. The van der Waals surface area contributed by atoms with E-state index in [-0.39, 0.29) is 0 Å². The number of nitrogens with zero attached hydrogens (tertiary/aromatic N) is 1. The highest BCUT2D eigenvalue weighted by atomic mass is 35.5. The molecular weight excluding hydrogens is 222 g/mol. The quantitative estimate of drug-likeness (QED) is 0.724. The number of aromatic nitrogens is 1. The number of aryl methyl sites for hydroxylation is 1. The van der Waals surface area contributed by atoms with Gasteiger partial charge in [0.15, 0.2) is 0 Å². The number of hydrogen-bond acceptors (Lipinski definition) is 2. The Hall–Kier alpha value is -0.760. The number of pyridine rings is 1. The summed E-state index contributed by atoms with van der Waals surface area (Å²) in [5.74, 6) is 2.11. The molecule has 90 valence electrons. The summed E-state index contributed by atoms with van der Waals surface area (Å²) in [5, 5.41) is 0.514. The van der Waals surface area contributed by atoms with E-state index < -0.39 is 0 Å². The second kappa shape index (κ2) is 6.09. The maximum Gasteiger partial charge on any atom is 0.140 e. The van der Waals surface area contributed by atoms with Crippen molar-refractivity contribution in [2.45, 2.75) is 34.1 Å². The summed E-state index contributed by atoms with van der Waals surface area (Å²) < 4.78 is 5.73. The minimum absolute atomic E-state index is 0.514. The van der Waals surface area contributed by atoms with E-state index in [4.69, 9.17) is 16.3 Å². The van der Waals surface area contributed by atoms with Gasteiger partial charge in [0.05, 0.1) is 12.8 Å². The number of hydrogen-bond donors (Lipinski definition) is 0. The molecule has 0 saturated heterocycles. The molecule has 2 nitrogen and oxygen atoms in total. The van der Waals surface area contributed by atoms with Crippen LogP contribution in [0.25, 0.3) is 0 Å². The maximum atomic E-state index is 5.78. The molecule has 1 atom stereocenters. The summed E-state index contributed by atoms with van der Waals surface area (Å²) in [6, 6.07) is 1.82. The van der Waals surface area contributed by atoms with Crippen LogP contribution in [0.5, 0.6) is 5.75 Å². The number of halogens is 1. The number of rotatable bonds is 5. The van der Waals surface area contributed by atoms with E-state index in [0.717, 1.165) is 17.9 Å². The Morgan fingerprint density at radius 3 is 2.62 bits per heavy atom. The zero-order chi connectivity index (χ0) is 12.1. The summed E-state index contributed by atoms with van der Waals surface area (Å²) in [4.78, 5) is 4.02. The van der Waals surface area contributed by atoms with Gasteiger partial charge in [0.2, 0.25) is 0 Å². The van der Waals surface area contributed by atoms with Crippen LogP contribution < -0.4 is 4.74 Å². The zero-order valence-corrected chi connectivity index (χ0v) is 11.2. The van der Waals surface area contributed by atoms with Crippen molar-refractivity contribution in [2.24, 2.45) is 11.8 Å². The zero-order valence-electron chi connectivity index (χ0n) is 10.5. The van der Waals surface area contributed by atoms with Crippen LogP contribution in [-0.4, -0.2) is 11.6 Å². The standard InChI is InChI=1S/C13H20ClNO/c1-9(2)5-10(3)8-16-12-7-15-13(14)6-11(12)4/h6-7,9-10H,5,8H2,1-4H3. The van der Waals surface area contributed by atoms with Gasteiger partial charge >= 0.3 is 0 Å². The summed E-state index contributed by atoms with van der Waals surface area (Å²) in [7, 11) is 0. The van der Waals surface area contributed by atoms with Crippen LogP contribution in [0.4, 0.5) is 0 Å². The number of ether oxygens (including phenoxy) is 1. The van der Waals surface area contributed by atoms with Gasteiger partial charge < -0.3 is 4.74 Å². The third-order valence-corrected chi connectivity index (χ3v) is 2.63. The van der Waals surface area contributed by atoms with Crippen molar-refractivity contribution >= 4 is 11.6 Å². The van der Waals surface area contributed by atoms with E-state index in [1.165, 1.54) is 6.42 Å². The first-order valence-corrected chi connectivity index (χ1v) is 6.11. The minimum atomic E-state index is 0.514. The SMILES string of the molecule is Cc1cc(Cl)ncc1OCC(C)CC(C)C. The molecule has 0 saturated carbocycles. The van der Waals surface area contributed by atoms with Gasteiger partial charge in [0.25, 0.3) is 0 Å². The Bertz CT molecular complexity index is 339. The van der Waals surface area contributed by atoms with Crippen LogP contribution in [0.15, 0.2) is 12.3 Å². The molecule has 3 heteroatoms. The molecule has 0 aliphatic carbocycles. The van der Waals surface area contributed by atoms with Gasteiger partial charge in [-0.15, -0.1) is 0 Å². The fraction of sp³-hybridized carbons (Fsp3) is 0.615. The highest BCUT2D eigenvalue weighted by molar-refractivity contribution is 6.29. The summed E-state index contributed by atoms with van der Waals surface area (Å²) in [6.07, 6.45) is 2.87. The van der Waals surface area contributed by atoms with Crippen molar-refractivity contribution < 1.29 is 4.74 Å². The first kappa shape index (κ1) is 13.3. The van der Waals surface area contributed by atoms with E-state index in [2.05, 4.69) is 25.8 Å². The Balaban J connectivity index is 2.48. The molecule has 1 aromatic rings. The van der Waals surface area contributed by atoms with Crippen LogP contribution in [0, 0.1) is 18.8 Å². The Kier molecular flexibility index (Phi) is 5.07. The van der Waals surface area contributed by atoms with Gasteiger partial charge in [0, 0.05) is 0 Å². The van der Waals surface area contributed by atoms with Crippen molar-refractivity contribution in [3.8, 4) is 5.75 Å². The molecule has 0 aliphatic rings. The van der Waals surface area contributed by atoms with E-state index >= 15 is 0 Å². The summed E-state index contributed by atoms with van der Waals surface area (Å²) >= 11 is 5.78. The molecule has 1 rings (SSSR count). The van der Waals surface area contributed by atoms with Crippen LogP contribution in [0.2, 0.25) is 5.15 Å². The molecule has 0 aromatic carbocycles. The molecule has 0 N–H and O–H groups in total. The van der Waals surface area contributed by atoms with Crippen LogP contribution in [0.3, 0.4) is 0 Å². The second-order valence-electron chi connectivity index (χ2n) is 4.82. The largest absolute Gasteiger partial charge is 0.491 e. The van der Waals surface area contributed by atoms with E-state index in [1.807, 2.05) is 13.0 Å². The van der Waals surface area contributed by atoms with Crippen LogP contribution in [0.1, 0.15) is 32.8 Å². The van der Waals surface area contributed by atoms with Gasteiger partial charge in [0.1, 0.15) is 10.9 Å². The Morgan fingerprint density at radius 2 is 2.06 bits per heavy atom. The molecule has 0 fully saturated rings. The highest BCUT2D eigenvalue weighted by Gasteiger charge is 2.07. The predicted molar refractivity (Wildman–Crippen MR) is 68.1 cm³/mol. The smallest absolute Gasteiger partial charge is 0.140 e. The molecule has 1 aromatic heterocycles. The Morgan fingerprint density at radius 1 is 1.38 bits per heavy atom. The molecule has 0 spiro atoms. The summed E-state index contributed by atoms with van der Waals surface area (Å²) in [6.45, 7) is 9.38. The van der Waals surface area contributed by atoms with Crippen molar-refractivity contribution in [3.05, 3.63) is 23.0 Å². The van der Waals surface area contributed by atoms with Gasteiger partial charge in [-0.05, 0) is 36.8 Å². The molecular formula is C13H20ClNO. The van der Waals surface area contributed by atoms with Crippen molar-refractivity contribution in [1.82, 2.24) is 4.98 Å². The molecule has 16 heavy (non-hydrogen) atoms. The van der Waals surface area contributed by atoms with E-state index in [9.17, 15) is 0 Å². The van der Waals surface area contributed by atoms with Crippen molar-refractivity contribution in [1.29, 1.82) is 0 Å². The lowest BCUT2D eigenvalue weighted by molar-refractivity contribution is 0.237. The van der Waals surface area contributed by atoms with Crippen LogP contribution in [-0.2, 0) is 0 Å². The average Bonchev–Trinajstić information content (AvgIpc) is 2.15.